The van der Waals surface area contributed by atoms with Crippen LogP contribution in [0.5, 0.6) is 0 Å². The Morgan fingerprint density at radius 1 is 0.857 bits per heavy atom. The summed E-state index contributed by atoms with van der Waals surface area (Å²) in [4.78, 5) is 0. The molecular formula is C8H18N2O3S. The highest BCUT2D eigenvalue weighted by molar-refractivity contribution is 7.91. The van der Waals surface area contributed by atoms with Gasteiger partial charge in [0.1, 0.15) is 0 Å². The van der Waals surface area contributed by atoms with Gasteiger partial charge in [0, 0.05) is 26.2 Å². The maximum absolute atomic E-state index is 10.6. The SMILES string of the molecule is C1COCCN1.O=S1(=O)CCNCC1. The van der Waals surface area contributed by atoms with E-state index < -0.39 is 9.84 Å². The largest absolute Gasteiger partial charge is 0.379 e. The van der Waals surface area contributed by atoms with Crippen molar-refractivity contribution in [3.05, 3.63) is 0 Å². The minimum absolute atomic E-state index is 0.312. The molecule has 0 aliphatic carbocycles. The number of hydrogen-bond donors (Lipinski definition) is 2. The van der Waals surface area contributed by atoms with Crippen LogP contribution in [-0.2, 0) is 14.6 Å². The lowest BCUT2D eigenvalue weighted by Crippen LogP contribution is -2.35. The lowest BCUT2D eigenvalue weighted by atomic mass is 10.5. The van der Waals surface area contributed by atoms with Crippen LogP contribution in [0.3, 0.4) is 0 Å². The van der Waals surface area contributed by atoms with Crippen molar-refractivity contribution in [3.63, 3.8) is 0 Å². The van der Waals surface area contributed by atoms with Crippen molar-refractivity contribution < 1.29 is 13.2 Å². The van der Waals surface area contributed by atoms with E-state index in [1.54, 1.807) is 0 Å². The summed E-state index contributed by atoms with van der Waals surface area (Å²) in [7, 11) is -2.65. The summed E-state index contributed by atoms with van der Waals surface area (Å²) < 4.78 is 26.2. The summed E-state index contributed by atoms with van der Waals surface area (Å²) in [5, 5.41) is 6.12. The lowest BCUT2D eigenvalue weighted by molar-refractivity contribution is 0.109. The van der Waals surface area contributed by atoms with Crippen molar-refractivity contribution in [2.75, 3.05) is 50.9 Å². The highest BCUT2D eigenvalue weighted by Crippen LogP contribution is 1.91. The first-order valence-corrected chi connectivity index (χ1v) is 6.72. The Morgan fingerprint density at radius 2 is 1.36 bits per heavy atom. The van der Waals surface area contributed by atoms with Gasteiger partial charge < -0.3 is 15.4 Å². The Morgan fingerprint density at radius 3 is 1.57 bits per heavy atom. The van der Waals surface area contributed by atoms with Gasteiger partial charge in [-0.1, -0.05) is 0 Å². The number of nitrogens with one attached hydrogen (secondary N) is 2. The fraction of sp³-hybridized carbons (Fsp3) is 1.00. The van der Waals surface area contributed by atoms with Gasteiger partial charge in [0.2, 0.25) is 0 Å². The molecule has 0 aromatic rings. The first kappa shape index (κ1) is 11.9. The molecule has 14 heavy (non-hydrogen) atoms. The molecule has 0 unspecified atom stereocenters. The summed E-state index contributed by atoms with van der Waals surface area (Å²) in [5.74, 6) is 0.625. The molecule has 0 aromatic heterocycles. The Kier molecular flexibility index (Phi) is 5.39. The van der Waals surface area contributed by atoms with Crippen LogP contribution >= 0.6 is 0 Å². The van der Waals surface area contributed by atoms with Crippen molar-refractivity contribution in [2.24, 2.45) is 0 Å². The second-order valence-corrected chi connectivity index (χ2v) is 5.57. The highest BCUT2D eigenvalue weighted by Gasteiger charge is 2.13. The number of morpholine rings is 1. The molecule has 0 atom stereocenters. The zero-order valence-electron chi connectivity index (χ0n) is 8.29. The number of sulfone groups is 1. The zero-order valence-corrected chi connectivity index (χ0v) is 9.11. The highest BCUT2D eigenvalue weighted by atomic mass is 32.2. The van der Waals surface area contributed by atoms with Gasteiger partial charge in [-0.25, -0.2) is 8.42 Å². The summed E-state index contributed by atoms with van der Waals surface area (Å²) >= 11 is 0. The molecule has 0 spiro atoms. The van der Waals surface area contributed by atoms with E-state index in [-0.39, 0.29) is 0 Å². The quantitative estimate of drug-likeness (QED) is 0.528. The van der Waals surface area contributed by atoms with Gasteiger partial charge in [-0.3, -0.25) is 0 Å². The third kappa shape index (κ3) is 5.54. The predicted molar refractivity (Wildman–Crippen MR) is 55.2 cm³/mol. The van der Waals surface area contributed by atoms with Crippen LogP contribution in [0.25, 0.3) is 0 Å². The standard InChI is InChI=1S/C4H9NO2S.C4H9NO/c6-8(7)3-1-5-2-4-8;1-3-6-4-2-5-1/h5H,1-4H2;5H,1-4H2. The van der Waals surface area contributed by atoms with Crippen molar-refractivity contribution in [2.45, 2.75) is 0 Å². The van der Waals surface area contributed by atoms with Gasteiger partial charge in [-0.2, -0.15) is 0 Å². The maximum Gasteiger partial charge on any atom is 0.152 e. The summed E-state index contributed by atoms with van der Waals surface area (Å²) in [5.41, 5.74) is 0. The average molecular weight is 222 g/mol. The number of hydrogen-bond acceptors (Lipinski definition) is 5. The molecule has 0 saturated carbocycles. The molecule has 5 nitrogen and oxygen atoms in total. The summed E-state index contributed by atoms with van der Waals surface area (Å²) in [6.07, 6.45) is 0. The van der Waals surface area contributed by atoms with E-state index in [2.05, 4.69) is 10.6 Å². The number of ether oxygens (including phenoxy) is 1. The fourth-order valence-corrected chi connectivity index (χ4v) is 2.31. The normalized spacial score (nSPS) is 26.0. The van der Waals surface area contributed by atoms with Crippen LogP contribution < -0.4 is 10.6 Å². The van der Waals surface area contributed by atoms with Gasteiger partial charge in [0.05, 0.1) is 24.7 Å². The maximum atomic E-state index is 10.6. The molecule has 2 saturated heterocycles. The minimum atomic E-state index is -2.65. The predicted octanol–water partition coefficient (Wildman–Crippen LogP) is -1.39. The average Bonchev–Trinajstić information content (AvgIpc) is 2.21. The molecular weight excluding hydrogens is 204 g/mol. The van der Waals surface area contributed by atoms with E-state index in [4.69, 9.17) is 4.74 Å². The van der Waals surface area contributed by atoms with Gasteiger partial charge in [-0.05, 0) is 0 Å². The Hall–Kier alpha value is -0.170. The van der Waals surface area contributed by atoms with Gasteiger partial charge in [0.25, 0.3) is 0 Å². The van der Waals surface area contributed by atoms with Crippen LogP contribution in [0.2, 0.25) is 0 Å². The van der Waals surface area contributed by atoms with Crippen molar-refractivity contribution >= 4 is 9.84 Å². The zero-order chi connectivity index (χ0) is 10.3. The summed E-state index contributed by atoms with van der Waals surface area (Å²) in [6.45, 7) is 5.09. The van der Waals surface area contributed by atoms with Crippen molar-refractivity contribution in [1.29, 1.82) is 0 Å². The van der Waals surface area contributed by atoms with Gasteiger partial charge in [-0.15, -0.1) is 0 Å². The monoisotopic (exact) mass is 222 g/mol. The molecule has 2 aliphatic rings. The van der Waals surface area contributed by atoms with E-state index in [0.717, 1.165) is 26.3 Å². The van der Waals surface area contributed by atoms with E-state index >= 15 is 0 Å². The second kappa shape index (κ2) is 6.34. The Bertz CT molecular complexity index is 213. The molecule has 0 aromatic carbocycles. The molecule has 84 valence electrons. The third-order valence-corrected chi connectivity index (χ3v) is 3.68. The van der Waals surface area contributed by atoms with Crippen LogP contribution in [0.15, 0.2) is 0 Å². The topological polar surface area (TPSA) is 67.4 Å². The Labute approximate surface area is 85.1 Å². The van der Waals surface area contributed by atoms with E-state index in [1.807, 2.05) is 0 Å². The molecule has 2 rings (SSSR count). The first-order valence-electron chi connectivity index (χ1n) is 4.90. The number of rotatable bonds is 0. The molecule has 2 fully saturated rings. The van der Waals surface area contributed by atoms with Gasteiger partial charge in [0.15, 0.2) is 9.84 Å². The smallest absolute Gasteiger partial charge is 0.152 e. The van der Waals surface area contributed by atoms with E-state index in [1.165, 1.54) is 0 Å². The van der Waals surface area contributed by atoms with Crippen molar-refractivity contribution in [3.8, 4) is 0 Å². The molecule has 2 N–H and O–H groups in total. The minimum Gasteiger partial charge on any atom is -0.379 e. The summed E-state index contributed by atoms with van der Waals surface area (Å²) in [6, 6.07) is 0. The van der Waals surface area contributed by atoms with Crippen LogP contribution in [-0.4, -0.2) is 59.3 Å². The van der Waals surface area contributed by atoms with Crippen molar-refractivity contribution in [1.82, 2.24) is 10.6 Å². The molecule has 0 amide bonds. The van der Waals surface area contributed by atoms with Crippen LogP contribution in [0.4, 0.5) is 0 Å². The van der Waals surface area contributed by atoms with E-state index in [0.29, 0.717) is 24.6 Å². The third-order valence-electron chi connectivity index (χ3n) is 2.03. The molecule has 0 bridgehead atoms. The first-order chi connectivity index (χ1) is 6.71. The fourth-order valence-electron chi connectivity index (χ4n) is 1.20. The van der Waals surface area contributed by atoms with E-state index in [9.17, 15) is 8.42 Å². The molecule has 2 aliphatic heterocycles. The molecule has 2 heterocycles. The lowest BCUT2D eigenvalue weighted by Gasteiger charge is -2.10. The Balaban J connectivity index is 0.000000146. The second-order valence-electron chi connectivity index (χ2n) is 3.26. The van der Waals surface area contributed by atoms with Crippen LogP contribution in [0.1, 0.15) is 0 Å². The molecule has 6 heteroatoms. The molecule has 0 radical (unpaired) electrons. The van der Waals surface area contributed by atoms with Crippen LogP contribution in [0, 0.1) is 0 Å². The van der Waals surface area contributed by atoms with Gasteiger partial charge >= 0.3 is 0 Å².